The Labute approximate surface area is 93.6 Å². The van der Waals surface area contributed by atoms with E-state index in [4.69, 9.17) is 4.74 Å². The first-order chi connectivity index (χ1) is 7.20. The zero-order chi connectivity index (χ0) is 10.8. The van der Waals surface area contributed by atoms with Crippen LogP contribution in [-0.4, -0.2) is 12.1 Å². The lowest BCUT2D eigenvalue weighted by molar-refractivity contribution is 0.416. The number of thiazole rings is 1. The lowest BCUT2D eigenvalue weighted by atomic mass is 10.1. The van der Waals surface area contributed by atoms with E-state index in [-0.39, 0.29) is 0 Å². The average molecular weight is 219 g/mol. The Kier molecular flexibility index (Phi) is 2.73. The van der Waals surface area contributed by atoms with Crippen LogP contribution in [0.25, 0.3) is 10.6 Å². The Morgan fingerprint density at radius 1 is 1.27 bits per heavy atom. The van der Waals surface area contributed by atoms with Gasteiger partial charge >= 0.3 is 0 Å². The lowest BCUT2D eigenvalue weighted by Gasteiger charge is -2.06. The fraction of sp³-hybridized carbons (Fsp3) is 0.250. The van der Waals surface area contributed by atoms with E-state index in [1.165, 1.54) is 5.56 Å². The van der Waals surface area contributed by atoms with Crippen LogP contribution in [0.4, 0.5) is 0 Å². The molecule has 0 radical (unpaired) electrons. The van der Waals surface area contributed by atoms with E-state index in [2.05, 4.69) is 23.4 Å². The first-order valence-electron chi connectivity index (χ1n) is 4.78. The first kappa shape index (κ1) is 10.2. The summed E-state index contributed by atoms with van der Waals surface area (Å²) in [4.78, 5) is 4.47. The van der Waals surface area contributed by atoms with Crippen LogP contribution in [-0.2, 0) is 0 Å². The van der Waals surface area contributed by atoms with Gasteiger partial charge in [-0.15, -0.1) is 11.3 Å². The largest absolute Gasteiger partial charge is 0.496 e. The zero-order valence-corrected chi connectivity index (χ0v) is 9.89. The third-order valence-corrected chi connectivity index (χ3v) is 3.20. The molecule has 1 aromatic carbocycles. The summed E-state index contributed by atoms with van der Waals surface area (Å²) in [6, 6.07) is 6.14. The second kappa shape index (κ2) is 4.03. The van der Waals surface area contributed by atoms with Gasteiger partial charge in [0.05, 0.1) is 12.7 Å². The van der Waals surface area contributed by atoms with E-state index in [0.717, 1.165) is 22.0 Å². The van der Waals surface area contributed by atoms with Gasteiger partial charge < -0.3 is 4.74 Å². The maximum Gasteiger partial charge on any atom is 0.129 e. The standard InChI is InChI=1S/C12H13NOS/c1-8-4-5-11(14-3)10(6-8)12-13-9(2)7-15-12/h4-7H,1-3H3. The van der Waals surface area contributed by atoms with Crippen LogP contribution in [0.3, 0.4) is 0 Å². The van der Waals surface area contributed by atoms with E-state index in [1.807, 2.05) is 19.1 Å². The molecule has 3 heteroatoms. The molecule has 2 aromatic rings. The molecule has 0 aliphatic rings. The average Bonchev–Trinajstić information content (AvgIpc) is 2.65. The quantitative estimate of drug-likeness (QED) is 0.772. The highest BCUT2D eigenvalue weighted by molar-refractivity contribution is 7.13. The molecule has 0 spiro atoms. The molecular weight excluding hydrogens is 206 g/mol. The summed E-state index contributed by atoms with van der Waals surface area (Å²) in [5, 5.41) is 3.07. The number of ether oxygens (including phenoxy) is 1. The highest BCUT2D eigenvalue weighted by Crippen LogP contribution is 2.32. The summed E-state index contributed by atoms with van der Waals surface area (Å²) in [6.07, 6.45) is 0. The second-order valence-electron chi connectivity index (χ2n) is 3.50. The van der Waals surface area contributed by atoms with Crippen LogP contribution in [0.5, 0.6) is 5.75 Å². The maximum atomic E-state index is 5.33. The van der Waals surface area contributed by atoms with Gasteiger partial charge in [-0.05, 0) is 26.0 Å². The van der Waals surface area contributed by atoms with E-state index in [0.29, 0.717) is 0 Å². The summed E-state index contributed by atoms with van der Waals surface area (Å²) in [5.74, 6) is 0.884. The lowest BCUT2D eigenvalue weighted by Crippen LogP contribution is -1.88. The second-order valence-corrected chi connectivity index (χ2v) is 4.36. The fourth-order valence-electron chi connectivity index (χ4n) is 1.47. The normalized spacial score (nSPS) is 10.3. The zero-order valence-electron chi connectivity index (χ0n) is 9.07. The van der Waals surface area contributed by atoms with E-state index in [1.54, 1.807) is 18.4 Å². The Bertz CT molecular complexity index is 476. The van der Waals surface area contributed by atoms with Gasteiger partial charge in [0, 0.05) is 11.1 Å². The smallest absolute Gasteiger partial charge is 0.129 e. The van der Waals surface area contributed by atoms with Crippen molar-refractivity contribution in [2.24, 2.45) is 0 Å². The number of rotatable bonds is 2. The Morgan fingerprint density at radius 2 is 2.07 bits per heavy atom. The number of hydrogen-bond acceptors (Lipinski definition) is 3. The predicted octanol–water partition coefficient (Wildman–Crippen LogP) is 3.44. The van der Waals surface area contributed by atoms with Gasteiger partial charge in [-0.2, -0.15) is 0 Å². The van der Waals surface area contributed by atoms with Crippen molar-refractivity contribution in [1.29, 1.82) is 0 Å². The molecule has 0 amide bonds. The van der Waals surface area contributed by atoms with Gasteiger partial charge in [0.1, 0.15) is 10.8 Å². The van der Waals surface area contributed by atoms with E-state index >= 15 is 0 Å². The van der Waals surface area contributed by atoms with Crippen molar-refractivity contribution in [1.82, 2.24) is 4.98 Å². The van der Waals surface area contributed by atoms with Gasteiger partial charge in [0.15, 0.2) is 0 Å². The minimum absolute atomic E-state index is 0.884. The first-order valence-corrected chi connectivity index (χ1v) is 5.66. The van der Waals surface area contributed by atoms with Crippen molar-refractivity contribution in [3.63, 3.8) is 0 Å². The molecule has 0 aliphatic heterocycles. The number of benzene rings is 1. The fourth-order valence-corrected chi connectivity index (χ4v) is 2.28. The number of hydrogen-bond donors (Lipinski definition) is 0. The van der Waals surface area contributed by atoms with Crippen LogP contribution >= 0.6 is 11.3 Å². The molecule has 1 aromatic heterocycles. The van der Waals surface area contributed by atoms with Crippen LogP contribution in [0, 0.1) is 13.8 Å². The Balaban J connectivity index is 2.55. The molecular formula is C12H13NOS. The summed E-state index contributed by atoms with van der Waals surface area (Å²) in [5.41, 5.74) is 3.35. The molecule has 0 saturated carbocycles. The van der Waals surface area contributed by atoms with E-state index in [9.17, 15) is 0 Å². The molecule has 0 saturated heterocycles. The van der Waals surface area contributed by atoms with Crippen molar-refractivity contribution < 1.29 is 4.74 Å². The minimum Gasteiger partial charge on any atom is -0.496 e. The SMILES string of the molecule is COc1ccc(C)cc1-c1nc(C)cs1. The minimum atomic E-state index is 0.884. The van der Waals surface area contributed by atoms with Gasteiger partial charge in [0.25, 0.3) is 0 Å². The number of aryl methyl sites for hydroxylation is 2. The molecule has 0 unspecified atom stereocenters. The van der Waals surface area contributed by atoms with Gasteiger partial charge in [-0.25, -0.2) is 4.98 Å². The van der Waals surface area contributed by atoms with Crippen molar-refractivity contribution in [3.8, 4) is 16.3 Å². The van der Waals surface area contributed by atoms with Crippen LogP contribution in [0.1, 0.15) is 11.3 Å². The third-order valence-electron chi connectivity index (χ3n) is 2.20. The van der Waals surface area contributed by atoms with Crippen molar-refractivity contribution in [2.75, 3.05) is 7.11 Å². The summed E-state index contributed by atoms with van der Waals surface area (Å²) in [7, 11) is 1.69. The van der Waals surface area contributed by atoms with Crippen LogP contribution in [0.15, 0.2) is 23.6 Å². The molecule has 1 heterocycles. The summed E-state index contributed by atoms with van der Waals surface area (Å²) in [6.45, 7) is 4.08. The molecule has 0 N–H and O–H groups in total. The molecule has 0 fully saturated rings. The van der Waals surface area contributed by atoms with Crippen molar-refractivity contribution >= 4 is 11.3 Å². The van der Waals surface area contributed by atoms with Crippen LogP contribution in [0.2, 0.25) is 0 Å². The summed E-state index contributed by atoms with van der Waals surface area (Å²) < 4.78 is 5.33. The van der Waals surface area contributed by atoms with Crippen molar-refractivity contribution in [3.05, 3.63) is 34.8 Å². The topological polar surface area (TPSA) is 22.1 Å². The van der Waals surface area contributed by atoms with Gasteiger partial charge in [-0.1, -0.05) is 11.6 Å². The molecule has 15 heavy (non-hydrogen) atoms. The van der Waals surface area contributed by atoms with Gasteiger partial charge in [0.2, 0.25) is 0 Å². The Hall–Kier alpha value is -1.35. The van der Waals surface area contributed by atoms with E-state index < -0.39 is 0 Å². The molecule has 0 atom stereocenters. The molecule has 78 valence electrons. The number of nitrogens with zero attached hydrogens (tertiary/aromatic N) is 1. The highest BCUT2D eigenvalue weighted by atomic mass is 32.1. The molecule has 0 bridgehead atoms. The predicted molar refractivity (Wildman–Crippen MR) is 63.6 cm³/mol. The van der Waals surface area contributed by atoms with Gasteiger partial charge in [-0.3, -0.25) is 0 Å². The number of aromatic nitrogens is 1. The van der Waals surface area contributed by atoms with Crippen molar-refractivity contribution in [2.45, 2.75) is 13.8 Å². The molecule has 2 nitrogen and oxygen atoms in total. The number of methoxy groups -OCH3 is 1. The summed E-state index contributed by atoms with van der Waals surface area (Å²) >= 11 is 1.65. The highest BCUT2D eigenvalue weighted by Gasteiger charge is 2.08. The monoisotopic (exact) mass is 219 g/mol. The third kappa shape index (κ3) is 2.02. The Morgan fingerprint density at radius 3 is 2.67 bits per heavy atom. The molecule has 2 rings (SSSR count). The maximum absolute atomic E-state index is 5.33. The molecule has 0 aliphatic carbocycles. The van der Waals surface area contributed by atoms with Crippen LogP contribution < -0.4 is 4.74 Å².